The Morgan fingerprint density at radius 1 is 1.35 bits per heavy atom. The Morgan fingerprint density at radius 2 is 2.15 bits per heavy atom. The number of H-pyrrole nitrogens is 1. The van der Waals surface area contributed by atoms with E-state index in [0.29, 0.717) is 16.6 Å². The first kappa shape index (κ1) is 13.9. The Hall–Kier alpha value is -1.01. The molecule has 0 spiro atoms. The number of aromatic amines is 1. The summed E-state index contributed by atoms with van der Waals surface area (Å²) in [5.74, 6) is 1.22. The molecule has 0 unspecified atom stereocenters. The molecule has 0 radical (unpaired) electrons. The summed E-state index contributed by atoms with van der Waals surface area (Å²) in [5.41, 5.74) is 1.11. The van der Waals surface area contributed by atoms with Crippen molar-refractivity contribution in [2.24, 2.45) is 0 Å². The van der Waals surface area contributed by atoms with Gasteiger partial charge in [-0.2, -0.15) is 0 Å². The van der Waals surface area contributed by atoms with E-state index in [1.54, 1.807) is 11.3 Å². The largest absolute Gasteiger partial charge is 0.408 e. The van der Waals surface area contributed by atoms with Gasteiger partial charge in [0.25, 0.3) is 10.7 Å². The van der Waals surface area contributed by atoms with E-state index >= 15 is 0 Å². The number of nitrogens with one attached hydrogen (secondary N) is 1. The minimum absolute atomic E-state index is 0.329. The smallest absolute Gasteiger partial charge is 0.284 e. The molecule has 20 heavy (non-hydrogen) atoms. The van der Waals surface area contributed by atoms with Gasteiger partial charge in [-0.25, -0.2) is 10.1 Å². The fraction of sp³-hybridized carbons (Fsp3) is 0.643. The van der Waals surface area contributed by atoms with Gasteiger partial charge in [-0.1, -0.05) is 32.6 Å². The number of hydrogen-bond donors (Lipinski definition) is 1. The van der Waals surface area contributed by atoms with E-state index in [0.717, 1.165) is 23.4 Å². The standard InChI is InChI=1S/C14H19N3OS2/c1-2-6-10-11(12-16-17-14(19)18-12)20-13(15-10)9-7-4-3-5-8-9/h9H,2-8H2,1H3,(H,17,19). The van der Waals surface area contributed by atoms with Crippen LogP contribution in [0.25, 0.3) is 10.8 Å². The second-order valence-electron chi connectivity index (χ2n) is 5.33. The van der Waals surface area contributed by atoms with Crippen LogP contribution in [0.2, 0.25) is 0 Å². The van der Waals surface area contributed by atoms with E-state index in [-0.39, 0.29) is 0 Å². The van der Waals surface area contributed by atoms with E-state index in [2.05, 4.69) is 17.1 Å². The summed E-state index contributed by atoms with van der Waals surface area (Å²) in [4.78, 5) is 6.26. The lowest BCUT2D eigenvalue weighted by molar-refractivity contribution is 0.442. The van der Waals surface area contributed by atoms with Gasteiger partial charge in [-0.05, 0) is 31.5 Å². The van der Waals surface area contributed by atoms with E-state index in [4.69, 9.17) is 21.6 Å². The Kier molecular flexibility index (Phi) is 4.31. The summed E-state index contributed by atoms with van der Waals surface area (Å²) in [5, 5.41) is 8.12. The van der Waals surface area contributed by atoms with Crippen molar-refractivity contribution in [3.8, 4) is 10.8 Å². The minimum atomic E-state index is 0.329. The topological polar surface area (TPSA) is 54.7 Å². The quantitative estimate of drug-likeness (QED) is 0.820. The Bertz CT molecular complexity index is 622. The van der Waals surface area contributed by atoms with Gasteiger partial charge in [-0.15, -0.1) is 16.4 Å². The van der Waals surface area contributed by atoms with Crippen molar-refractivity contribution in [1.82, 2.24) is 15.2 Å². The number of aromatic nitrogens is 3. The Morgan fingerprint density at radius 3 is 2.80 bits per heavy atom. The zero-order chi connectivity index (χ0) is 13.9. The van der Waals surface area contributed by atoms with Gasteiger partial charge in [0.15, 0.2) is 0 Å². The van der Waals surface area contributed by atoms with Crippen LogP contribution in [0.4, 0.5) is 0 Å². The third-order valence-corrected chi connectivity index (χ3v) is 5.21. The first-order chi connectivity index (χ1) is 9.78. The molecule has 0 saturated heterocycles. The van der Waals surface area contributed by atoms with Crippen LogP contribution >= 0.6 is 23.6 Å². The van der Waals surface area contributed by atoms with Crippen molar-refractivity contribution in [3.63, 3.8) is 0 Å². The summed E-state index contributed by atoms with van der Waals surface area (Å²) < 4.78 is 5.48. The fourth-order valence-corrected chi connectivity index (χ4v) is 4.13. The minimum Gasteiger partial charge on any atom is -0.408 e. The predicted octanol–water partition coefficient (Wildman–Crippen LogP) is 4.86. The van der Waals surface area contributed by atoms with Crippen molar-refractivity contribution in [1.29, 1.82) is 0 Å². The van der Waals surface area contributed by atoms with E-state index < -0.39 is 0 Å². The van der Waals surface area contributed by atoms with Crippen LogP contribution in [0, 0.1) is 4.84 Å². The molecule has 3 rings (SSSR count). The molecule has 2 heterocycles. The molecule has 1 fully saturated rings. The summed E-state index contributed by atoms with van der Waals surface area (Å²) in [7, 11) is 0. The number of hydrogen-bond acceptors (Lipinski definition) is 5. The van der Waals surface area contributed by atoms with Crippen molar-refractivity contribution in [2.45, 2.75) is 57.8 Å². The van der Waals surface area contributed by atoms with Crippen LogP contribution in [0.5, 0.6) is 0 Å². The summed E-state index contributed by atoms with van der Waals surface area (Å²) >= 11 is 6.71. The molecular formula is C14H19N3OS2. The summed E-state index contributed by atoms with van der Waals surface area (Å²) in [6.45, 7) is 2.17. The van der Waals surface area contributed by atoms with E-state index in [1.807, 2.05) is 0 Å². The lowest BCUT2D eigenvalue weighted by Crippen LogP contribution is -2.04. The zero-order valence-electron chi connectivity index (χ0n) is 11.6. The molecule has 2 aromatic rings. The van der Waals surface area contributed by atoms with Gasteiger partial charge >= 0.3 is 0 Å². The molecule has 0 aliphatic heterocycles. The number of thiazole rings is 1. The second kappa shape index (κ2) is 6.18. The third kappa shape index (κ3) is 2.86. The lowest BCUT2D eigenvalue weighted by atomic mass is 9.90. The number of rotatable bonds is 4. The van der Waals surface area contributed by atoms with E-state index in [1.165, 1.54) is 37.1 Å². The van der Waals surface area contributed by atoms with Crippen LogP contribution in [-0.2, 0) is 6.42 Å². The average molecular weight is 309 g/mol. The van der Waals surface area contributed by atoms with Crippen LogP contribution in [0.1, 0.15) is 62.1 Å². The highest BCUT2D eigenvalue weighted by atomic mass is 32.1. The second-order valence-corrected chi connectivity index (χ2v) is 6.73. The van der Waals surface area contributed by atoms with Gasteiger partial charge in [0.05, 0.1) is 10.7 Å². The highest BCUT2D eigenvalue weighted by Crippen LogP contribution is 2.39. The van der Waals surface area contributed by atoms with Gasteiger partial charge in [0, 0.05) is 5.92 Å². The Balaban J connectivity index is 1.95. The zero-order valence-corrected chi connectivity index (χ0v) is 13.3. The number of nitrogens with zero attached hydrogens (tertiary/aromatic N) is 2. The molecule has 1 saturated carbocycles. The molecule has 0 atom stereocenters. The molecule has 1 aliphatic rings. The molecule has 2 aromatic heterocycles. The van der Waals surface area contributed by atoms with Gasteiger partial charge in [0.2, 0.25) is 0 Å². The first-order valence-electron chi connectivity index (χ1n) is 7.33. The molecule has 1 aliphatic carbocycles. The summed E-state index contributed by atoms with van der Waals surface area (Å²) in [6, 6.07) is 0. The van der Waals surface area contributed by atoms with Crippen LogP contribution < -0.4 is 0 Å². The molecule has 4 nitrogen and oxygen atoms in total. The van der Waals surface area contributed by atoms with Crippen molar-refractivity contribution in [3.05, 3.63) is 15.5 Å². The highest BCUT2D eigenvalue weighted by molar-refractivity contribution is 7.71. The van der Waals surface area contributed by atoms with Crippen molar-refractivity contribution in [2.75, 3.05) is 0 Å². The van der Waals surface area contributed by atoms with Gasteiger partial charge < -0.3 is 4.42 Å². The third-order valence-electron chi connectivity index (χ3n) is 3.79. The fourth-order valence-electron chi connectivity index (χ4n) is 2.79. The van der Waals surface area contributed by atoms with E-state index in [9.17, 15) is 0 Å². The van der Waals surface area contributed by atoms with Crippen LogP contribution in [0.3, 0.4) is 0 Å². The highest BCUT2D eigenvalue weighted by Gasteiger charge is 2.23. The number of aryl methyl sites for hydroxylation is 1. The van der Waals surface area contributed by atoms with Gasteiger partial charge in [0.1, 0.15) is 4.88 Å². The maximum Gasteiger partial charge on any atom is 0.284 e. The Labute approximate surface area is 127 Å². The first-order valence-corrected chi connectivity index (χ1v) is 8.56. The van der Waals surface area contributed by atoms with Gasteiger partial charge in [-0.3, -0.25) is 0 Å². The molecule has 0 bridgehead atoms. The maximum absolute atomic E-state index is 5.48. The van der Waals surface area contributed by atoms with Crippen LogP contribution in [-0.4, -0.2) is 15.2 Å². The normalized spacial score (nSPS) is 16.6. The SMILES string of the molecule is CCCc1nc(C2CCCCC2)sc1-c1n[nH]c(=S)o1. The molecule has 0 aromatic carbocycles. The monoisotopic (exact) mass is 309 g/mol. The molecule has 0 amide bonds. The van der Waals surface area contributed by atoms with Crippen molar-refractivity contribution >= 4 is 23.6 Å². The molecule has 108 valence electrons. The molecular weight excluding hydrogens is 290 g/mol. The van der Waals surface area contributed by atoms with Crippen molar-refractivity contribution < 1.29 is 4.42 Å². The average Bonchev–Trinajstić information content (AvgIpc) is 3.07. The molecule has 1 N–H and O–H groups in total. The van der Waals surface area contributed by atoms with Crippen LogP contribution in [0.15, 0.2) is 4.42 Å². The summed E-state index contributed by atoms with van der Waals surface area (Å²) in [6.07, 6.45) is 8.59. The maximum atomic E-state index is 5.48. The predicted molar refractivity (Wildman–Crippen MR) is 82.6 cm³/mol. The lowest BCUT2D eigenvalue weighted by Gasteiger charge is -2.18. The molecule has 6 heteroatoms.